The van der Waals surface area contributed by atoms with Crippen LogP contribution in [0.4, 0.5) is 13.2 Å². The highest BCUT2D eigenvalue weighted by Gasteiger charge is 2.39. The summed E-state index contributed by atoms with van der Waals surface area (Å²) in [4.78, 5) is 0. The van der Waals surface area contributed by atoms with E-state index in [9.17, 15) is 18.3 Å². The van der Waals surface area contributed by atoms with Crippen molar-refractivity contribution in [2.75, 3.05) is 0 Å². The molecule has 1 atom stereocenters. The maximum Gasteiger partial charge on any atom is 0.418 e. The first-order valence-electron chi connectivity index (χ1n) is 6.33. The average Bonchev–Trinajstić information content (AvgIpc) is 2.28. The van der Waals surface area contributed by atoms with Gasteiger partial charge in [-0.25, -0.2) is 0 Å². The van der Waals surface area contributed by atoms with Crippen molar-refractivity contribution in [3.63, 3.8) is 0 Å². The van der Waals surface area contributed by atoms with Crippen LogP contribution in [0.5, 0.6) is 11.5 Å². The SMILES string of the molecule is CC(C)Oc1ccc(C(O)C(F)(F)F)cc1OC(C)C. The second-order valence-corrected chi connectivity index (χ2v) is 4.98. The Bertz CT molecular complexity index is 442. The molecule has 114 valence electrons. The van der Waals surface area contributed by atoms with Gasteiger partial charge in [-0.2, -0.15) is 13.2 Å². The lowest BCUT2D eigenvalue weighted by atomic mass is 10.1. The minimum atomic E-state index is -4.71. The van der Waals surface area contributed by atoms with Gasteiger partial charge in [0, 0.05) is 0 Å². The van der Waals surface area contributed by atoms with E-state index in [-0.39, 0.29) is 23.5 Å². The second kappa shape index (κ2) is 6.35. The summed E-state index contributed by atoms with van der Waals surface area (Å²) < 4.78 is 48.5. The molecule has 6 heteroatoms. The summed E-state index contributed by atoms with van der Waals surface area (Å²) >= 11 is 0. The first kappa shape index (κ1) is 16.6. The monoisotopic (exact) mass is 292 g/mol. The van der Waals surface area contributed by atoms with Gasteiger partial charge in [0.25, 0.3) is 0 Å². The molecule has 0 heterocycles. The largest absolute Gasteiger partial charge is 0.487 e. The Morgan fingerprint density at radius 2 is 1.45 bits per heavy atom. The molecule has 3 nitrogen and oxygen atoms in total. The van der Waals surface area contributed by atoms with Crippen LogP contribution in [0.25, 0.3) is 0 Å². The van der Waals surface area contributed by atoms with Crippen molar-refractivity contribution < 1.29 is 27.8 Å². The molecule has 0 saturated carbocycles. The highest BCUT2D eigenvalue weighted by atomic mass is 19.4. The molecule has 1 unspecified atom stereocenters. The molecule has 0 radical (unpaired) electrons. The predicted octanol–water partition coefficient (Wildman–Crippen LogP) is 3.86. The average molecular weight is 292 g/mol. The third-order valence-electron chi connectivity index (χ3n) is 2.32. The molecule has 0 aliphatic rings. The fourth-order valence-corrected chi connectivity index (χ4v) is 1.58. The standard InChI is InChI=1S/C14H19F3O3/c1-8(2)19-11-6-5-10(13(18)14(15,16)17)7-12(11)20-9(3)4/h5-9,13,18H,1-4H3. The number of hydrogen-bond acceptors (Lipinski definition) is 3. The number of aliphatic hydroxyl groups is 1. The van der Waals surface area contributed by atoms with Gasteiger partial charge in [0.05, 0.1) is 12.2 Å². The lowest BCUT2D eigenvalue weighted by molar-refractivity contribution is -0.206. The van der Waals surface area contributed by atoms with E-state index in [1.165, 1.54) is 12.1 Å². The van der Waals surface area contributed by atoms with Gasteiger partial charge in [-0.15, -0.1) is 0 Å². The number of benzene rings is 1. The Labute approximate surface area is 116 Å². The molecule has 0 spiro atoms. The highest BCUT2D eigenvalue weighted by molar-refractivity contribution is 5.44. The minimum absolute atomic E-state index is 0.136. The molecule has 0 aliphatic carbocycles. The van der Waals surface area contributed by atoms with Gasteiger partial charge in [0.2, 0.25) is 0 Å². The van der Waals surface area contributed by atoms with Crippen molar-refractivity contribution in [2.24, 2.45) is 0 Å². The number of halogens is 3. The Morgan fingerprint density at radius 3 is 1.90 bits per heavy atom. The number of hydrogen-bond donors (Lipinski definition) is 1. The van der Waals surface area contributed by atoms with E-state index < -0.39 is 12.3 Å². The van der Waals surface area contributed by atoms with E-state index in [1.54, 1.807) is 27.7 Å². The number of aliphatic hydroxyl groups excluding tert-OH is 1. The topological polar surface area (TPSA) is 38.7 Å². The first-order chi connectivity index (χ1) is 9.11. The minimum Gasteiger partial charge on any atom is -0.487 e. The van der Waals surface area contributed by atoms with Crippen LogP contribution in [0.3, 0.4) is 0 Å². The van der Waals surface area contributed by atoms with E-state index >= 15 is 0 Å². The molecule has 1 N–H and O–H groups in total. The first-order valence-corrected chi connectivity index (χ1v) is 6.33. The number of rotatable bonds is 5. The van der Waals surface area contributed by atoms with Crippen molar-refractivity contribution in [1.82, 2.24) is 0 Å². The second-order valence-electron chi connectivity index (χ2n) is 4.98. The molecular weight excluding hydrogens is 273 g/mol. The normalized spacial score (nSPS) is 13.7. The molecule has 0 aliphatic heterocycles. The number of ether oxygens (including phenoxy) is 2. The van der Waals surface area contributed by atoms with Gasteiger partial charge in [0.1, 0.15) is 0 Å². The van der Waals surface area contributed by atoms with Crippen LogP contribution in [0.1, 0.15) is 39.4 Å². The van der Waals surface area contributed by atoms with Crippen LogP contribution in [0, 0.1) is 0 Å². The Balaban J connectivity index is 3.13. The molecule has 1 rings (SSSR count). The summed E-state index contributed by atoms with van der Waals surface area (Å²) in [7, 11) is 0. The Morgan fingerprint density at radius 1 is 0.950 bits per heavy atom. The molecule has 1 aromatic carbocycles. The lowest BCUT2D eigenvalue weighted by Crippen LogP contribution is -2.20. The number of alkyl halides is 3. The van der Waals surface area contributed by atoms with E-state index in [1.807, 2.05) is 0 Å². The molecule has 0 bridgehead atoms. The summed E-state index contributed by atoms with van der Waals surface area (Å²) in [5, 5.41) is 9.27. The summed E-state index contributed by atoms with van der Waals surface area (Å²) in [6.45, 7) is 7.12. The zero-order valence-corrected chi connectivity index (χ0v) is 11.9. The van der Waals surface area contributed by atoms with Crippen molar-refractivity contribution in [2.45, 2.75) is 52.2 Å². The van der Waals surface area contributed by atoms with Crippen molar-refractivity contribution in [3.05, 3.63) is 23.8 Å². The van der Waals surface area contributed by atoms with Crippen molar-refractivity contribution in [1.29, 1.82) is 0 Å². The summed E-state index contributed by atoms with van der Waals surface area (Å²) in [5.74, 6) is 0.543. The van der Waals surface area contributed by atoms with Gasteiger partial charge in [-0.3, -0.25) is 0 Å². The molecular formula is C14H19F3O3. The maximum absolute atomic E-state index is 12.5. The van der Waals surface area contributed by atoms with Crippen molar-refractivity contribution >= 4 is 0 Å². The highest BCUT2D eigenvalue weighted by Crippen LogP contribution is 2.37. The van der Waals surface area contributed by atoms with Crippen LogP contribution in [0.2, 0.25) is 0 Å². The van der Waals surface area contributed by atoms with Gasteiger partial charge in [-0.1, -0.05) is 6.07 Å². The van der Waals surface area contributed by atoms with Crippen LogP contribution in [-0.2, 0) is 0 Å². The summed E-state index contributed by atoms with van der Waals surface area (Å²) in [5.41, 5.74) is -0.274. The molecule has 0 aromatic heterocycles. The fourth-order valence-electron chi connectivity index (χ4n) is 1.58. The van der Waals surface area contributed by atoms with Gasteiger partial charge in [-0.05, 0) is 45.4 Å². The van der Waals surface area contributed by atoms with Gasteiger partial charge in [0.15, 0.2) is 17.6 Å². The summed E-state index contributed by atoms with van der Waals surface area (Å²) in [6.07, 6.45) is -7.61. The lowest BCUT2D eigenvalue weighted by Gasteiger charge is -2.20. The van der Waals surface area contributed by atoms with E-state index in [0.717, 1.165) is 6.07 Å². The Hall–Kier alpha value is -1.43. The third-order valence-corrected chi connectivity index (χ3v) is 2.32. The van der Waals surface area contributed by atoms with Crippen LogP contribution < -0.4 is 9.47 Å². The van der Waals surface area contributed by atoms with E-state index in [0.29, 0.717) is 5.75 Å². The molecule has 0 fully saturated rings. The van der Waals surface area contributed by atoms with Crippen LogP contribution in [-0.4, -0.2) is 23.5 Å². The predicted molar refractivity (Wildman–Crippen MR) is 69.0 cm³/mol. The van der Waals surface area contributed by atoms with E-state index in [2.05, 4.69) is 0 Å². The Kier molecular flexibility index (Phi) is 5.28. The smallest absolute Gasteiger partial charge is 0.418 e. The van der Waals surface area contributed by atoms with Crippen LogP contribution >= 0.6 is 0 Å². The molecule has 0 amide bonds. The van der Waals surface area contributed by atoms with Crippen LogP contribution in [0.15, 0.2) is 18.2 Å². The molecule has 20 heavy (non-hydrogen) atoms. The molecule has 0 saturated heterocycles. The fraction of sp³-hybridized carbons (Fsp3) is 0.571. The quantitative estimate of drug-likeness (QED) is 0.895. The summed E-state index contributed by atoms with van der Waals surface area (Å²) in [6, 6.07) is 3.72. The zero-order valence-electron chi connectivity index (χ0n) is 11.9. The van der Waals surface area contributed by atoms with Crippen molar-refractivity contribution in [3.8, 4) is 11.5 Å². The molecule has 1 aromatic rings. The maximum atomic E-state index is 12.5. The zero-order chi connectivity index (χ0) is 15.5. The van der Waals surface area contributed by atoms with E-state index in [4.69, 9.17) is 9.47 Å². The van der Waals surface area contributed by atoms with Gasteiger partial charge < -0.3 is 14.6 Å². The van der Waals surface area contributed by atoms with Gasteiger partial charge >= 0.3 is 6.18 Å². The third kappa shape index (κ3) is 4.59.